The van der Waals surface area contributed by atoms with E-state index in [0.29, 0.717) is 12.1 Å². The van der Waals surface area contributed by atoms with Gasteiger partial charge in [0, 0.05) is 24.7 Å². The summed E-state index contributed by atoms with van der Waals surface area (Å²) in [6.45, 7) is 2.31. The van der Waals surface area contributed by atoms with E-state index in [1.807, 2.05) is 6.07 Å². The Balaban J connectivity index is 1.54. The Morgan fingerprint density at radius 3 is 2.81 bits per heavy atom. The van der Waals surface area contributed by atoms with Gasteiger partial charge >= 0.3 is 0 Å². The first-order valence-electron chi connectivity index (χ1n) is 8.59. The van der Waals surface area contributed by atoms with E-state index in [1.165, 1.54) is 44.2 Å². The number of nitrogens with zero attached hydrogens (tertiary/aromatic N) is 1. The van der Waals surface area contributed by atoms with Gasteiger partial charge in [0.15, 0.2) is 0 Å². The minimum absolute atomic E-state index is 0.00142. The van der Waals surface area contributed by atoms with Crippen LogP contribution in [0.15, 0.2) is 18.2 Å². The minimum atomic E-state index is 0.00142. The lowest BCUT2D eigenvalue weighted by Crippen LogP contribution is -2.45. The molecular weight excluding hydrogens is 263 g/mol. The smallest absolute Gasteiger partial charge is 0.126 e. The molecule has 0 spiro atoms. The molecule has 1 aromatic rings. The van der Waals surface area contributed by atoms with Gasteiger partial charge in [-0.05, 0) is 62.3 Å². The highest BCUT2D eigenvalue weighted by molar-refractivity contribution is 5.36. The van der Waals surface area contributed by atoms with Gasteiger partial charge in [-0.15, -0.1) is 0 Å². The second kappa shape index (κ2) is 5.69. The molecule has 0 amide bonds. The van der Waals surface area contributed by atoms with E-state index in [0.717, 1.165) is 31.0 Å². The Hall–Kier alpha value is -0.930. The third-order valence-corrected chi connectivity index (χ3v) is 5.44. The fraction of sp³-hybridized carbons (Fsp3) is 0.667. The normalized spacial score (nSPS) is 28.9. The van der Waals surface area contributed by atoms with E-state index in [1.54, 1.807) is 6.07 Å². The summed E-state index contributed by atoms with van der Waals surface area (Å²) in [5.74, 6) is 0.00142. The second-order valence-electron chi connectivity index (χ2n) is 6.94. The number of nitrogens with one attached hydrogen (secondary N) is 1. The third-order valence-electron chi connectivity index (χ3n) is 5.44. The highest BCUT2D eigenvalue weighted by Gasteiger charge is 2.39. The van der Waals surface area contributed by atoms with Gasteiger partial charge in [-0.25, -0.2) is 4.39 Å². The number of piperidine rings is 1. The predicted octanol–water partition coefficient (Wildman–Crippen LogP) is 3.42. The maximum Gasteiger partial charge on any atom is 0.126 e. The maximum atomic E-state index is 14.0. The van der Waals surface area contributed by atoms with Crippen LogP contribution in [-0.2, 0) is 6.42 Å². The van der Waals surface area contributed by atoms with Crippen LogP contribution in [0.3, 0.4) is 0 Å². The van der Waals surface area contributed by atoms with Crippen LogP contribution in [0.1, 0.15) is 55.7 Å². The molecule has 2 unspecified atom stereocenters. The molecule has 3 aliphatic rings. The van der Waals surface area contributed by atoms with Crippen LogP contribution in [-0.4, -0.2) is 30.1 Å². The third kappa shape index (κ3) is 2.74. The molecule has 0 radical (unpaired) electrons. The van der Waals surface area contributed by atoms with Crippen molar-refractivity contribution in [2.75, 3.05) is 13.1 Å². The largest absolute Gasteiger partial charge is 0.313 e. The number of hydrogen-bond acceptors (Lipinski definition) is 2. The number of fused-ring (bicyclic) bond motifs is 1. The van der Waals surface area contributed by atoms with Crippen molar-refractivity contribution in [1.29, 1.82) is 0 Å². The van der Waals surface area contributed by atoms with E-state index in [4.69, 9.17) is 0 Å². The molecule has 0 bridgehead atoms. The maximum absolute atomic E-state index is 14.0. The van der Waals surface area contributed by atoms with E-state index in [-0.39, 0.29) is 5.82 Å². The standard InChI is InChI=1S/C18H25FN2/c19-17-6-3-5-16-15(17)9-10-18(16)21(14-7-8-14)12-13-4-1-2-11-20-13/h3,5-6,13-14,18,20H,1-2,4,7-12H2. The lowest BCUT2D eigenvalue weighted by molar-refractivity contribution is 0.156. The van der Waals surface area contributed by atoms with Crippen LogP contribution >= 0.6 is 0 Å². The molecule has 4 rings (SSSR count). The number of halogens is 1. The molecule has 1 aliphatic heterocycles. The Bertz CT molecular complexity index is 506. The molecule has 2 nitrogen and oxygen atoms in total. The monoisotopic (exact) mass is 288 g/mol. The zero-order valence-electron chi connectivity index (χ0n) is 12.7. The molecule has 1 saturated carbocycles. The molecule has 2 fully saturated rings. The first kappa shape index (κ1) is 13.7. The highest BCUT2D eigenvalue weighted by atomic mass is 19.1. The SMILES string of the molecule is Fc1cccc2c1CCC2N(CC1CCCCN1)C1CC1. The van der Waals surface area contributed by atoms with Gasteiger partial charge in [0.05, 0.1) is 0 Å². The molecule has 1 heterocycles. The molecule has 0 aromatic heterocycles. The quantitative estimate of drug-likeness (QED) is 0.913. The average molecular weight is 288 g/mol. The fourth-order valence-electron chi connectivity index (χ4n) is 4.20. The van der Waals surface area contributed by atoms with Gasteiger partial charge < -0.3 is 5.32 Å². The van der Waals surface area contributed by atoms with Crippen LogP contribution in [0.25, 0.3) is 0 Å². The first-order chi connectivity index (χ1) is 10.3. The Kier molecular flexibility index (Phi) is 3.72. The van der Waals surface area contributed by atoms with Crippen LogP contribution in [0, 0.1) is 5.82 Å². The molecule has 21 heavy (non-hydrogen) atoms. The summed E-state index contributed by atoms with van der Waals surface area (Å²) in [7, 11) is 0. The zero-order valence-corrected chi connectivity index (χ0v) is 12.7. The van der Waals surface area contributed by atoms with Crippen LogP contribution < -0.4 is 5.32 Å². The first-order valence-corrected chi connectivity index (χ1v) is 8.59. The van der Waals surface area contributed by atoms with E-state index in [9.17, 15) is 4.39 Å². The van der Waals surface area contributed by atoms with Gasteiger partial charge in [-0.3, -0.25) is 4.90 Å². The summed E-state index contributed by atoms with van der Waals surface area (Å²) in [6.07, 6.45) is 8.63. The lowest BCUT2D eigenvalue weighted by atomic mass is 10.0. The molecule has 2 atom stereocenters. The average Bonchev–Trinajstić information content (AvgIpc) is 3.26. The summed E-state index contributed by atoms with van der Waals surface area (Å²) in [6, 6.07) is 7.48. The van der Waals surface area contributed by atoms with Crippen molar-refractivity contribution in [3.05, 3.63) is 35.1 Å². The summed E-state index contributed by atoms with van der Waals surface area (Å²) >= 11 is 0. The number of benzene rings is 1. The van der Waals surface area contributed by atoms with Gasteiger partial charge in [0.1, 0.15) is 5.82 Å². The molecule has 1 saturated heterocycles. The highest BCUT2D eigenvalue weighted by Crippen LogP contribution is 2.42. The van der Waals surface area contributed by atoms with Crippen LogP contribution in [0.2, 0.25) is 0 Å². The summed E-state index contributed by atoms with van der Waals surface area (Å²) in [5, 5.41) is 3.68. The van der Waals surface area contributed by atoms with E-state index < -0.39 is 0 Å². The van der Waals surface area contributed by atoms with Gasteiger partial charge in [0.25, 0.3) is 0 Å². The topological polar surface area (TPSA) is 15.3 Å². The Morgan fingerprint density at radius 2 is 2.05 bits per heavy atom. The van der Waals surface area contributed by atoms with Gasteiger partial charge in [0.2, 0.25) is 0 Å². The zero-order chi connectivity index (χ0) is 14.2. The van der Waals surface area contributed by atoms with Crippen LogP contribution in [0.4, 0.5) is 4.39 Å². The number of hydrogen-bond donors (Lipinski definition) is 1. The van der Waals surface area contributed by atoms with Crippen molar-refractivity contribution < 1.29 is 4.39 Å². The molecule has 3 heteroatoms. The van der Waals surface area contributed by atoms with Crippen molar-refractivity contribution in [3.8, 4) is 0 Å². The van der Waals surface area contributed by atoms with E-state index in [2.05, 4.69) is 16.3 Å². The molecule has 114 valence electrons. The summed E-state index contributed by atoms with van der Waals surface area (Å²) in [4.78, 5) is 2.69. The van der Waals surface area contributed by atoms with Crippen molar-refractivity contribution >= 4 is 0 Å². The Labute approximate surface area is 126 Å². The van der Waals surface area contributed by atoms with Crippen molar-refractivity contribution in [1.82, 2.24) is 10.2 Å². The van der Waals surface area contributed by atoms with Gasteiger partial charge in [-0.1, -0.05) is 18.6 Å². The minimum Gasteiger partial charge on any atom is -0.313 e. The number of rotatable bonds is 4. The fourth-order valence-corrected chi connectivity index (χ4v) is 4.20. The Morgan fingerprint density at radius 1 is 1.14 bits per heavy atom. The van der Waals surface area contributed by atoms with Crippen molar-refractivity contribution in [2.24, 2.45) is 0 Å². The molecular formula is C18H25FN2. The van der Waals surface area contributed by atoms with E-state index >= 15 is 0 Å². The summed E-state index contributed by atoms with van der Waals surface area (Å²) < 4.78 is 14.0. The molecule has 1 N–H and O–H groups in total. The van der Waals surface area contributed by atoms with Gasteiger partial charge in [-0.2, -0.15) is 0 Å². The lowest BCUT2D eigenvalue weighted by Gasteiger charge is -2.35. The predicted molar refractivity (Wildman–Crippen MR) is 82.8 cm³/mol. The summed E-state index contributed by atoms with van der Waals surface area (Å²) in [5.41, 5.74) is 2.24. The molecule has 2 aliphatic carbocycles. The molecule has 1 aromatic carbocycles. The van der Waals surface area contributed by atoms with Crippen LogP contribution in [0.5, 0.6) is 0 Å². The second-order valence-corrected chi connectivity index (χ2v) is 6.94. The van der Waals surface area contributed by atoms with Crippen molar-refractivity contribution in [3.63, 3.8) is 0 Å². The van der Waals surface area contributed by atoms with Crippen molar-refractivity contribution in [2.45, 2.75) is 63.1 Å².